The number of benzene rings is 1. The maximum atomic E-state index is 12.2. The van der Waals surface area contributed by atoms with Crippen molar-refractivity contribution in [2.24, 2.45) is 0 Å². The van der Waals surface area contributed by atoms with Gasteiger partial charge < -0.3 is 10.1 Å². The van der Waals surface area contributed by atoms with Gasteiger partial charge in [0.1, 0.15) is 18.9 Å². The van der Waals surface area contributed by atoms with Crippen LogP contribution in [-0.4, -0.2) is 22.3 Å². The van der Waals surface area contributed by atoms with Crippen molar-refractivity contribution in [2.75, 3.05) is 11.9 Å². The Morgan fingerprint density at radius 1 is 1.36 bits per heavy atom. The molecule has 1 amide bonds. The molecule has 5 heteroatoms. The summed E-state index contributed by atoms with van der Waals surface area (Å²) < 4.78 is 7.24. The molecule has 5 nitrogen and oxygen atoms in total. The summed E-state index contributed by atoms with van der Waals surface area (Å²) in [5, 5.41) is 7.24. The Morgan fingerprint density at radius 3 is 2.73 bits per heavy atom. The molecule has 116 valence electrons. The van der Waals surface area contributed by atoms with Gasteiger partial charge in [-0.25, -0.2) is 0 Å². The van der Waals surface area contributed by atoms with Crippen LogP contribution in [0.15, 0.2) is 36.9 Å². The summed E-state index contributed by atoms with van der Waals surface area (Å²) in [6, 6.07) is 7.33. The van der Waals surface area contributed by atoms with Crippen LogP contribution >= 0.6 is 0 Å². The molecular weight excluding hydrogens is 278 g/mol. The SMILES string of the molecule is C=CCOc1ccccc1NC(=O)Cn1nc(C)c(C)c1C. The minimum Gasteiger partial charge on any atom is -0.487 e. The van der Waals surface area contributed by atoms with Gasteiger partial charge >= 0.3 is 0 Å². The van der Waals surface area contributed by atoms with E-state index < -0.39 is 0 Å². The van der Waals surface area contributed by atoms with Gasteiger partial charge in [-0.1, -0.05) is 24.8 Å². The molecule has 0 atom stereocenters. The molecule has 0 radical (unpaired) electrons. The highest BCUT2D eigenvalue weighted by Crippen LogP contribution is 2.23. The Hall–Kier alpha value is -2.56. The number of aromatic nitrogens is 2. The minimum atomic E-state index is -0.139. The fourth-order valence-electron chi connectivity index (χ4n) is 2.11. The van der Waals surface area contributed by atoms with E-state index in [1.807, 2.05) is 45.0 Å². The first-order chi connectivity index (χ1) is 10.5. The summed E-state index contributed by atoms with van der Waals surface area (Å²) in [6.07, 6.45) is 1.66. The molecule has 0 fully saturated rings. The van der Waals surface area contributed by atoms with E-state index in [9.17, 15) is 4.79 Å². The first kappa shape index (κ1) is 15.8. The molecule has 0 aliphatic carbocycles. The number of anilines is 1. The first-order valence-electron chi connectivity index (χ1n) is 7.16. The van der Waals surface area contributed by atoms with E-state index in [0.29, 0.717) is 18.0 Å². The standard InChI is InChI=1S/C17H21N3O2/c1-5-10-22-16-9-7-6-8-15(16)18-17(21)11-20-14(4)12(2)13(3)19-20/h5-9H,1,10-11H2,2-4H3,(H,18,21). The molecule has 1 N–H and O–H groups in total. The molecule has 0 aliphatic rings. The quantitative estimate of drug-likeness (QED) is 0.834. The molecule has 1 heterocycles. The Labute approximate surface area is 130 Å². The molecule has 2 aromatic rings. The van der Waals surface area contributed by atoms with Crippen LogP contribution in [0.1, 0.15) is 17.0 Å². The average molecular weight is 299 g/mol. The van der Waals surface area contributed by atoms with Crippen LogP contribution in [0, 0.1) is 20.8 Å². The third-order valence-corrected chi connectivity index (χ3v) is 3.55. The minimum absolute atomic E-state index is 0.139. The number of aryl methyl sites for hydroxylation is 1. The van der Waals surface area contributed by atoms with Crippen molar-refractivity contribution in [1.82, 2.24) is 9.78 Å². The molecule has 0 saturated carbocycles. The van der Waals surface area contributed by atoms with E-state index >= 15 is 0 Å². The van der Waals surface area contributed by atoms with Gasteiger partial charge in [0.05, 0.1) is 11.4 Å². The van der Waals surface area contributed by atoms with Crippen LogP contribution in [-0.2, 0) is 11.3 Å². The lowest BCUT2D eigenvalue weighted by Crippen LogP contribution is -2.20. The normalized spacial score (nSPS) is 10.3. The van der Waals surface area contributed by atoms with Crippen molar-refractivity contribution in [3.63, 3.8) is 0 Å². The number of carbonyl (C=O) groups is 1. The molecule has 22 heavy (non-hydrogen) atoms. The van der Waals surface area contributed by atoms with Crippen LogP contribution in [0.25, 0.3) is 0 Å². The number of carbonyl (C=O) groups excluding carboxylic acids is 1. The van der Waals surface area contributed by atoms with Crippen LogP contribution in [0.4, 0.5) is 5.69 Å². The van der Waals surface area contributed by atoms with Gasteiger partial charge in [0.25, 0.3) is 0 Å². The molecule has 1 aromatic heterocycles. The van der Waals surface area contributed by atoms with Crippen molar-refractivity contribution in [3.05, 3.63) is 53.9 Å². The van der Waals surface area contributed by atoms with Gasteiger partial charge in [0.15, 0.2) is 0 Å². The zero-order valence-electron chi connectivity index (χ0n) is 13.2. The van der Waals surface area contributed by atoms with E-state index in [2.05, 4.69) is 17.0 Å². The zero-order valence-corrected chi connectivity index (χ0v) is 13.2. The van der Waals surface area contributed by atoms with Gasteiger partial charge in [-0.15, -0.1) is 0 Å². The fraction of sp³-hybridized carbons (Fsp3) is 0.294. The number of nitrogens with zero attached hydrogens (tertiary/aromatic N) is 2. The summed E-state index contributed by atoms with van der Waals surface area (Å²) in [6.45, 7) is 10.1. The predicted molar refractivity (Wildman–Crippen MR) is 87.2 cm³/mol. The highest BCUT2D eigenvalue weighted by Gasteiger charge is 2.12. The van der Waals surface area contributed by atoms with Crippen LogP contribution in [0.5, 0.6) is 5.75 Å². The molecule has 0 bridgehead atoms. The molecule has 0 aliphatic heterocycles. The molecule has 1 aromatic carbocycles. The highest BCUT2D eigenvalue weighted by molar-refractivity contribution is 5.92. The lowest BCUT2D eigenvalue weighted by molar-refractivity contribution is -0.116. The van der Waals surface area contributed by atoms with E-state index in [1.54, 1.807) is 10.8 Å². The smallest absolute Gasteiger partial charge is 0.246 e. The molecule has 0 spiro atoms. The van der Waals surface area contributed by atoms with E-state index in [1.165, 1.54) is 0 Å². The monoisotopic (exact) mass is 299 g/mol. The fourth-order valence-corrected chi connectivity index (χ4v) is 2.11. The molecule has 0 saturated heterocycles. The van der Waals surface area contributed by atoms with Crippen LogP contribution in [0.2, 0.25) is 0 Å². The Kier molecular flexibility index (Phi) is 4.99. The van der Waals surface area contributed by atoms with Crippen molar-refractivity contribution in [1.29, 1.82) is 0 Å². The summed E-state index contributed by atoms with van der Waals surface area (Å²) in [5.74, 6) is 0.487. The molecule has 0 unspecified atom stereocenters. The number of amides is 1. The number of nitrogens with one attached hydrogen (secondary N) is 1. The van der Waals surface area contributed by atoms with Gasteiger partial charge in [0.2, 0.25) is 5.91 Å². The summed E-state index contributed by atoms with van der Waals surface area (Å²) >= 11 is 0. The maximum absolute atomic E-state index is 12.2. The largest absolute Gasteiger partial charge is 0.487 e. The summed E-state index contributed by atoms with van der Waals surface area (Å²) in [5.41, 5.74) is 3.71. The highest BCUT2D eigenvalue weighted by atomic mass is 16.5. The molecule has 2 rings (SSSR count). The van der Waals surface area contributed by atoms with Crippen LogP contribution in [0.3, 0.4) is 0 Å². The van der Waals surface area contributed by atoms with Gasteiger partial charge in [-0.05, 0) is 38.5 Å². The second-order valence-electron chi connectivity index (χ2n) is 5.10. The number of hydrogen-bond donors (Lipinski definition) is 1. The first-order valence-corrected chi connectivity index (χ1v) is 7.16. The van der Waals surface area contributed by atoms with E-state index in [-0.39, 0.29) is 12.5 Å². The van der Waals surface area contributed by atoms with Crippen molar-refractivity contribution >= 4 is 11.6 Å². The molecular formula is C17H21N3O2. The predicted octanol–water partition coefficient (Wildman–Crippen LogP) is 3.01. The second-order valence-corrected chi connectivity index (χ2v) is 5.10. The zero-order chi connectivity index (χ0) is 16.1. The summed E-state index contributed by atoms with van der Waals surface area (Å²) in [7, 11) is 0. The van der Waals surface area contributed by atoms with Crippen molar-refractivity contribution in [2.45, 2.75) is 27.3 Å². The van der Waals surface area contributed by atoms with Crippen LogP contribution < -0.4 is 10.1 Å². The topological polar surface area (TPSA) is 56.1 Å². The summed E-state index contributed by atoms with van der Waals surface area (Å²) in [4.78, 5) is 12.2. The Bertz CT molecular complexity index is 689. The third-order valence-electron chi connectivity index (χ3n) is 3.55. The van der Waals surface area contributed by atoms with E-state index in [0.717, 1.165) is 17.0 Å². The number of ether oxygens (including phenoxy) is 1. The van der Waals surface area contributed by atoms with Crippen molar-refractivity contribution < 1.29 is 9.53 Å². The average Bonchev–Trinajstić information content (AvgIpc) is 2.73. The van der Waals surface area contributed by atoms with Gasteiger partial charge in [-0.3, -0.25) is 9.48 Å². The Balaban J connectivity index is 2.09. The van der Waals surface area contributed by atoms with E-state index in [4.69, 9.17) is 4.74 Å². The number of hydrogen-bond acceptors (Lipinski definition) is 3. The Morgan fingerprint density at radius 2 is 2.09 bits per heavy atom. The van der Waals surface area contributed by atoms with Crippen molar-refractivity contribution in [3.8, 4) is 5.75 Å². The maximum Gasteiger partial charge on any atom is 0.246 e. The lowest BCUT2D eigenvalue weighted by Gasteiger charge is -2.11. The third kappa shape index (κ3) is 3.55. The number of rotatable bonds is 6. The van der Waals surface area contributed by atoms with Gasteiger partial charge in [0, 0.05) is 5.69 Å². The van der Waals surface area contributed by atoms with Gasteiger partial charge in [-0.2, -0.15) is 5.10 Å². The second kappa shape index (κ2) is 6.93. The lowest BCUT2D eigenvalue weighted by atomic mass is 10.2. The number of para-hydroxylation sites is 2.